The molecule has 0 radical (unpaired) electrons. The Morgan fingerprint density at radius 3 is 2.65 bits per heavy atom. The first-order valence-electron chi connectivity index (χ1n) is 8.03. The van der Waals surface area contributed by atoms with Crippen molar-refractivity contribution in [3.8, 4) is 0 Å². The van der Waals surface area contributed by atoms with Crippen LogP contribution in [0.3, 0.4) is 0 Å². The Kier molecular flexibility index (Phi) is 4.91. The Labute approximate surface area is 128 Å². The highest BCUT2D eigenvalue weighted by Crippen LogP contribution is 2.33. The number of thiazole rings is 1. The number of nitrogens with zero attached hydrogens (tertiary/aromatic N) is 1. The van der Waals surface area contributed by atoms with Gasteiger partial charge >= 0.3 is 0 Å². The van der Waals surface area contributed by atoms with Gasteiger partial charge in [-0.2, -0.15) is 0 Å². The third-order valence-electron chi connectivity index (χ3n) is 4.67. The maximum Gasteiger partial charge on any atom is 0.0947 e. The molecule has 1 saturated heterocycles. The molecule has 1 aromatic rings. The fourth-order valence-electron chi connectivity index (χ4n) is 3.02. The standard InChI is InChI=1S/C17H30N2S/c1-13(2)17(9-7-6-8-10-18-17)11-15-19-14(12-20-15)16(3,4)5/h12-13,18H,6-11H2,1-5H3. The topological polar surface area (TPSA) is 24.9 Å². The molecule has 1 N–H and O–H groups in total. The Morgan fingerprint density at radius 2 is 2.05 bits per heavy atom. The molecule has 1 aromatic heterocycles. The zero-order chi connectivity index (χ0) is 14.8. The largest absolute Gasteiger partial charge is 0.311 e. The van der Waals surface area contributed by atoms with Crippen molar-refractivity contribution < 1.29 is 0 Å². The molecule has 0 aliphatic carbocycles. The molecule has 2 heterocycles. The van der Waals surface area contributed by atoms with Crippen LogP contribution in [0.4, 0.5) is 0 Å². The molecule has 1 aliphatic heterocycles. The maximum absolute atomic E-state index is 4.91. The zero-order valence-electron chi connectivity index (χ0n) is 13.8. The highest BCUT2D eigenvalue weighted by atomic mass is 32.1. The summed E-state index contributed by atoms with van der Waals surface area (Å²) in [7, 11) is 0. The fourth-order valence-corrected chi connectivity index (χ4v) is 4.17. The van der Waals surface area contributed by atoms with Crippen molar-refractivity contribution in [2.75, 3.05) is 6.54 Å². The molecule has 0 bridgehead atoms. The monoisotopic (exact) mass is 294 g/mol. The highest BCUT2D eigenvalue weighted by molar-refractivity contribution is 7.09. The van der Waals surface area contributed by atoms with E-state index in [1.807, 2.05) is 11.3 Å². The van der Waals surface area contributed by atoms with Gasteiger partial charge < -0.3 is 5.32 Å². The molecule has 1 fully saturated rings. The van der Waals surface area contributed by atoms with Gasteiger partial charge in [0.05, 0.1) is 10.7 Å². The van der Waals surface area contributed by atoms with Gasteiger partial charge in [0, 0.05) is 22.8 Å². The first kappa shape index (κ1) is 16.0. The SMILES string of the molecule is CC(C)C1(Cc2nc(C(C)(C)C)cs2)CCCCCN1. The lowest BCUT2D eigenvalue weighted by Crippen LogP contribution is -2.51. The summed E-state index contributed by atoms with van der Waals surface area (Å²) < 4.78 is 0. The molecule has 0 amide bonds. The summed E-state index contributed by atoms with van der Waals surface area (Å²) in [6.07, 6.45) is 6.41. The van der Waals surface area contributed by atoms with E-state index < -0.39 is 0 Å². The lowest BCUT2D eigenvalue weighted by atomic mass is 9.80. The summed E-state index contributed by atoms with van der Waals surface area (Å²) in [5.74, 6) is 0.655. The number of aromatic nitrogens is 1. The average Bonchev–Trinajstić information content (AvgIpc) is 2.68. The molecule has 0 spiro atoms. The van der Waals surface area contributed by atoms with E-state index in [-0.39, 0.29) is 11.0 Å². The summed E-state index contributed by atoms with van der Waals surface area (Å²) in [6, 6.07) is 0. The second kappa shape index (κ2) is 6.15. The lowest BCUT2D eigenvalue weighted by Gasteiger charge is -2.37. The Balaban J connectivity index is 2.17. The molecule has 2 rings (SSSR count). The van der Waals surface area contributed by atoms with E-state index in [0.29, 0.717) is 5.92 Å². The van der Waals surface area contributed by atoms with E-state index >= 15 is 0 Å². The van der Waals surface area contributed by atoms with Crippen LogP contribution in [0, 0.1) is 5.92 Å². The minimum Gasteiger partial charge on any atom is -0.311 e. The van der Waals surface area contributed by atoms with Gasteiger partial charge in [-0.25, -0.2) is 4.98 Å². The van der Waals surface area contributed by atoms with E-state index in [0.717, 1.165) is 13.0 Å². The first-order valence-corrected chi connectivity index (χ1v) is 8.91. The highest BCUT2D eigenvalue weighted by Gasteiger charge is 2.35. The fraction of sp³-hybridized carbons (Fsp3) is 0.824. The van der Waals surface area contributed by atoms with Crippen molar-refractivity contribution in [1.29, 1.82) is 0 Å². The average molecular weight is 295 g/mol. The van der Waals surface area contributed by atoms with Gasteiger partial charge in [-0.05, 0) is 25.3 Å². The van der Waals surface area contributed by atoms with E-state index in [1.54, 1.807) is 0 Å². The van der Waals surface area contributed by atoms with Crippen LogP contribution >= 0.6 is 11.3 Å². The molecule has 1 atom stereocenters. The smallest absolute Gasteiger partial charge is 0.0947 e. The summed E-state index contributed by atoms with van der Waals surface area (Å²) in [6.45, 7) is 12.6. The van der Waals surface area contributed by atoms with Crippen LogP contribution in [-0.2, 0) is 11.8 Å². The normalized spacial score (nSPS) is 24.9. The Morgan fingerprint density at radius 1 is 1.30 bits per heavy atom. The molecule has 2 nitrogen and oxygen atoms in total. The molecule has 0 aromatic carbocycles. The van der Waals surface area contributed by atoms with Crippen LogP contribution in [-0.4, -0.2) is 17.1 Å². The van der Waals surface area contributed by atoms with Gasteiger partial charge in [0.15, 0.2) is 0 Å². The van der Waals surface area contributed by atoms with Gasteiger partial charge in [-0.1, -0.05) is 47.5 Å². The summed E-state index contributed by atoms with van der Waals surface area (Å²) in [5.41, 5.74) is 1.66. The van der Waals surface area contributed by atoms with Crippen LogP contribution in [0.15, 0.2) is 5.38 Å². The van der Waals surface area contributed by atoms with Crippen molar-refractivity contribution in [2.45, 2.75) is 77.7 Å². The Bertz CT molecular complexity index is 420. The molecule has 3 heteroatoms. The quantitative estimate of drug-likeness (QED) is 0.885. The van der Waals surface area contributed by atoms with Crippen LogP contribution in [0.25, 0.3) is 0 Å². The molecule has 114 valence electrons. The van der Waals surface area contributed by atoms with Crippen molar-refractivity contribution in [3.63, 3.8) is 0 Å². The number of hydrogen-bond donors (Lipinski definition) is 1. The first-order chi connectivity index (χ1) is 9.33. The van der Waals surface area contributed by atoms with Gasteiger partial charge in [-0.15, -0.1) is 11.3 Å². The maximum atomic E-state index is 4.91. The van der Waals surface area contributed by atoms with Crippen LogP contribution in [0.1, 0.15) is 71.0 Å². The van der Waals surface area contributed by atoms with E-state index in [1.165, 1.54) is 36.4 Å². The predicted octanol–water partition coefficient (Wildman–Crippen LogP) is 4.54. The summed E-state index contributed by atoms with van der Waals surface area (Å²) >= 11 is 1.84. The third-order valence-corrected chi connectivity index (χ3v) is 5.52. The van der Waals surface area contributed by atoms with Crippen LogP contribution < -0.4 is 5.32 Å². The molecule has 20 heavy (non-hydrogen) atoms. The minimum atomic E-state index is 0.163. The number of nitrogens with one attached hydrogen (secondary N) is 1. The lowest BCUT2D eigenvalue weighted by molar-refractivity contribution is 0.225. The van der Waals surface area contributed by atoms with Gasteiger partial charge in [-0.3, -0.25) is 0 Å². The summed E-state index contributed by atoms with van der Waals surface area (Å²) in [5, 5.41) is 7.41. The van der Waals surface area contributed by atoms with Crippen molar-refractivity contribution >= 4 is 11.3 Å². The summed E-state index contributed by atoms with van der Waals surface area (Å²) in [4.78, 5) is 4.91. The van der Waals surface area contributed by atoms with Crippen LogP contribution in [0.5, 0.6) is 0 Å². The third kappa shape index (κ3) is 3.62. The van der Waals surface area contributed by atoms with Crippen molar-refractivity contribution in [1.82, 2.24) is 10.3 Å². The molecule has 0 saturated carbocycles. The zero-order valence-corrected chi connectivity index (χ0v) is 14.6. The second-order valence-electron chi connectivity index (χ2n) is 7.60. The van der Waals surface area contributed by atoms with Crippen molar-refractivity contribution in [2.24, 2.45) is 5.92 Å². The predicted molar refractivity (Wildman–Crippen MR) is 88.6 cm³/mol. The molecular formula is C17H30N2S. The van der Waals surface area contributed by atoms with Crippen molar-refractivity contribution in [3.05, 3.63) is 16.1 Å². The Hall–Kier alpha value is -0.410. The van der Waals surface area contributed by atoms with E-state index in [4.69, 9.17) is 4.98 Å². The molecule has 1 aliphatic rings. The van der Waals surface area contributed by atoms with Crippen LogP contribution in [0.2, 0.25) is 0 Å². The van der Waals surface area contributed by atoms with E-state index in [2.05, 4.69) is 45.3 Å². The van der Waals surface area contributed by atoms with Gasteiger partial charge in [0.2, 0.25) is 0 Å². The minimum absolute atomic E-state index is 0.163. The number of hydrogen-bond acceptors (Lipinski definition) is 3. The van der Waals surface area contributed by atoms with Gasteiger partial charge in [0.1, 0.15) is 0 Å². The number of rotatable bonds is 3. The molecular weight excluding hydrogens is 264 g/mol. The van der Waals surface area contributed by atoms with Gasteiger partial charge in [0.25, 0.3) is 0 Å². The van der Waals surface area contributed by atoms with E-state index in [9.17, 15) is 0 Å². The second-order valence-corrected chi connectivity index (χ2v) is 8.54. The molecule has 1 unspecified atom stereocenters.